The highest BCUT2D eigenvalue weighted by atomic mass is 35.5. The van der Waals surface area contributed by atoms with Gasteiger partial charge in [-0.2, -0.15) is 13.5 Å². The third-order valence-corrected chi connectivity index (χ3v) is 4.35. The molecular weight excluding hydrogens is 330 g/mol. The fourth-order valence-corrected chi connectivity index (χ4v) is 3.17. The van der Waals surface area contributed by atoms with Crippen LogP contribution in [0.3, 0.4) is 0 Å². The van der Waals surface area contributed by atoms with Crippen molar-refractivity contribution in [2.45, 2.75) is 11.6 Å². The van der Waals surface area contributed by atoms with Crippen LogP contribution in [0, 0.1) is 5.82 Å². The molecule has 0 aliphatic rings. The number of rotatable bonds is 4. The molecule has 4 N–H and O–H groups in total. The summed E-state index contributed by atoms with van der Waals surface area (Å²) < 4.78 is 39.7. The van der Waals surface area contributed by atoms with Crippen LogP contribution in [0.25, 0.3) is 0 Å². The first-order chi connectivity index (χ1) is 9.35. The summed E-state index contributed by atoms with van der Waals surface area (Å²) in [6.07, 6.45) is 1.30. The van der Waals surface area contributed by atoms with Gasteiger partial charge in [0.25, 0.3) is 10.0 Å². The Morgan fingerprint density at radius 2 is 1.95 bits per heavy atom. The Morgan fingerprint density at radius 3 is 2.50 bits per heavy atom. The molecule has 10 heteroatoms. The molecule has 108 valence electrons. The summed E-state index contributed by atoms with van der Waals surface area (Å²) in [6.45, 7) is -0.00231. The molecule has 0 bridgehead atoms. The quantitative estimate of drug-likeness (QED) is 0.743. The molecule has 20 heavy (non-hydrogen) atoms. The molecular formula is C10H9Cl2FN4O2S. The number of aromatic nitrogens is 2. The Bertz CT molecular complexity index is 724. The van der Waals surface area contributed by atoms with Crippen LogP contribution < -0.4 is 10.5 Å². The van der Waals surface area contributed by atoms with Crippen molar-refractivity contribution in [2.24, 2.45) is 5.73 Å². The van der Waals surface area contributed by atoms with Gasteiger partial charge in [-0.05, 0) is 12.1 Å². The molecule has 2 aromatic rings. The minimum atomic E-state index is -3.95. The van der Waals surface area contributed by atoms with Gasteiger partial charge in [0.2, 0.25) is 0 Å². The molecule has 2 rings (SSSR count). The second kappa shape index (κ2) is 5.57. The number of halogens is 3. The maximum atomic E-state index is 13.3. The molecule has 0 atom stereocenters. The lowest BCUT2D eigenvalue weighted by Gasteiger charge is -2.09. The minimum Gasteiger partial charge on any atom is -0.326 e. The third kappa shape index (κ3) is 2.88. The average molecular weight is 339 g/mol. The van der Waals surface area contributed by atoms with E-state index in [0.29, 0.717) is 5.56 Å². The molecule has 0 spiro atoms. The van der Waals surface area contributed by atoms with Gasteiger partial charge < -0.3 is 5.73 Å². The zero-order valence-corrected chi connectivity index (χ0v) is 12.2. The van der Waals surface area contributed by atoms with E-state index in [1.165, 1.54) is 6.20 Å². The lowest BCUT2D eigenvalue weighted by molar-refractivity contribution is 0.595. The SMILES string of the molecule is NCc1cn[nH]c1S(=O)(=O)Nc1cc(Cl)c(F)c(Cl)c1. The number of nitrogens with zero attached hydrogens (tertiary/aromatic N) is 1. The lowest BCUT2D eigenvalue weighted by Crippen LogP contribution is -2.16. The molecule has 0 fully saturated rings. The van der Waals surface area contributed by atoms with E-state index in [1.807, 2.05) is 0 Å². The van der Waals surface area contributed by atoms with Crippen molar-refractivity contribution < 1.29 is 12.8 Å². The van der Waals surface area contributed by atoms with E-state index in [4.69, 9.17) is 28.9 Å². The summed E-state index contributed by atoms with van der Waals surface area (Å²) in [5, 5.41) is 5.20. The number of nitrogens with two attached hydrogens (primary N) is 1. The van der Waals surface area contributed by atoms with E-state index >= 15 is 0 Å². The monoisotopic (exact) mass is 338 g/mol. The van der Waals surface area contributed by atoms with Crippen molar-refractivity contribution in [1.82, 2.24) is 10.2 Å². The van der Waals surface area contributed by atoms with Gasteiger partial charge in [0.15, 0.2) is 10.8 Å². The van der Waals surface area contributed by atoms with Crippen LogP contribution in [0.2, 0.25) is 10.0 Å². The largest absolute Gasteiger partial charge is 0.326 e. The van der Waals surface area contributed by atoms with Crippen LogP contribution in [-0.4, -0.2) is 18.6 Å². The van der Waals surface area contributed by atoms with E-state index in [-0.39, 0.29) is 27.3 Å². The predicted octanol–water partition coefficient (Wildman–Crippen LogP) is 2.12. The van der Waals surface area contributed by atoms with Crippen molar-refractivity contribution in [3.05, 3.63) is 39.8 Å². The number of anilines is 1. The standard InChI is InChI=1S/C10H9Cl2FN4O2S/c11-7-1-6(2-8(12)9(7)13)17-20(18,19)10-5(3-14)4-15-16-10/h1-2,4,17H,3,14H2,(H,15,16). The Labute approximate surface area is 124 Å². The Balaban J connectivity index is 2.39. The van der Waals surface area contributed by atoms with Crippen LogP contribution in [0.15, 0.2) is 23.4 Å². The van der Waals surface area contributed by atoms with Crippen LogP contribution in [0.4, 0.5) is 10.1 Å². The van der Waals surface area contributed by atoms with Gasteiger partial charge >= 0.3 is 0 Å². The Morgan fingerprint density at radius 1 is 1.35 bits per heavy atom. The summed E-state index contributed by atoms with van der Waals surface area (Å²) in [7, 11) is -3.95. The lowest BCUT2D eigenvalue weighted by atomic mass is 10.3. The van der Waals surface area contributed by atoms with Gasteiger partial charge in [0.1, 0.15) is 0 Å². The number of hydrogen-bond donors (Lipinski definition) is 3. The average Bonchev–Trinajstić information content (AvgIpc) is 2.84. The fourth-order valence-electron chi connectivity index (χ4n) is 1.50. The van der Waals surface area contributed by atoms with Gasteiger partial charge in [-0.1, -0.05) is 23.2 Å². The first-order valence-corrected chi connectivity index (χ1v) is 7.48. The number of benzene rings is 1. The minimum absolute atomic E-state index is 0.00231. The predicted molar refractivity (Wildman–Crippen MR) is 73.7 cm³/mol. The number of H-pyrrole nitrogens is 1. The molecule has 0 unspecified atom stereocenters. The van der Waals surface area contributed by atoms with Gasteiger partial charge in [-0.3, -0.25) is 9.82 Å². The zero-order chi connectivity index (χ0) is 14.9. The van der Waals surface area contributed by atoms with E-state index in [2.05, 4.69) is 14.9 Å². The zero-order valence-electron chi connectivity index (χ0n) is 9.82. The first-order valence-electron chi connectivity index (χ1n) is 5.25. The highest BCUT2D eigenvalue weighted by molar-refractivity contribution is 7.92. The maximum Gasteiger partial charge on any atom is 0.279 e. The Kier molecular flexibility index (Phi) is 4.19. The van der Waals surface area contributed by atoms with Crippen LogP contribution in [0.5, 0.6) is 0 Å². The first kappa shape index (κ1) is 15.0. The number of hydrogen-bond acceptors (Lipinski definition) is 4. The van der Waals surface area contributed by atoms with Gasteiger partial charge in [-0.25, -0.2) is 4.39 Å². The third-order valence-electron chi connectivity index (χ3n) is 2.40. The summed E-state index contributed by atoms with van der Waals surface area (Å²) in [6, 6.07) is 2.22. The van der Waals surface area contributed by atoms with Crippen LogP contribution >= 0.6 is 23.2 Å². The van der Waals surface area contributed by atoms with Crippen molar-refractivity contribution in [3.63, 3.8) is 0 Å². The molecule has 1 heterocycles. The molecule has 1 aromatic heterocycles. The van der Waals surface area contributed by atoms with Gasteiger partial charge in [0, 0.05) is 12.1 Å². The summed E-state index contributed by atoms with van der Waals surface area (Å²) in [5.41, 5.74) is 5.75. The second-order valence-corrected chi connectivity index (χ2v) is 6.22. The fraction of sp³-hybridized carbons (Fsp3) is 0.100. The molecule has 0 aliphatic carbocycles. The normalized spacial score (nSPS) is 11.6. The van der Waals surface area contributed by atoms with Crippen molar-refractivity contribution >= 4 is 38.9 Å². The van der Waals surface area contributed by atoms with E-state index in [1.54, 1.807) is 0 Å². The Hall–Kier alpha value is -1.35. The maximum absolute atomic E-state index is 13.3. The smallest absolute Gasteiger partial charge is 0.279 e. The molecule has 0 aliphatic heterocycles. The van der Waals surface area contributed by atoms with E-state index in [0.717, 1.165) is 12.1 Å². The van der Waals surface area contributed by atoms with Gasteiger partial charge in [-0.15, -0.1) is 0 Å². The van der Waals surface area contributed by atoms with E-state index < -0.39 is 15.8 Å². The number of nitrogens with one attached hydrogen (secondary N) is 2. The van der Waals surface area contributed by atoms with Gasteiger partial charge in [0.05, 0.1) is 21.9 Å². The van der Waals surface area contributed by atoms with Crippen LogP contribution in [0.1, 0.15) is 5.56 Å². The summed E-state index contributed by atoms with van der Waals surface area (Å²) >= 11 is 11.2. The molecule has 0 saturated carbocycles. The topological polar surface area (TPSA) is 101 Å². The second-order valence-electron chi connectivity index (χ2n) is 3.79. The highest BCUT2D eigenvalue weighted by Crippen LogP contribution is 2.28. The summed E-state index contributed by atoms with van der Waals surface area (Å²) in [4.78, 5) is 0. The number of aromatic amines is 1. The molecule has 0 radical (unpaired) electrons. The molecule has 6 nitrogen and oxygen atoms in total. The molecule has 1 aromatic carbocycles. The molecule has 0 amide bonds. The summed E-state index contributed by atoms with van der Waals surface area (Å²) in [5.74, 6) is -0.819. The highest BCUT2D eigenvalue weighted by Gasteiger charge is 2.21. The van der Waals surface area contributed by atoms with Crippen molar-refractivity contribution in [1.29, 1.82) is 0 Å². The molecule has 0 saturated heterocycles. The van der Waals surface area contributed by atoms with Crippen molar-refractivity contribution in [2.75, 3.05) is 4.72 Å². The van der Waals surface area contributed by atoms with Crippen LogP contribution in [-0.2, 0) is 16.6 Å². The van der Waals surface area contributed by atoms with E-state index in [9.17, 15) is 12.8 Å². The number of sulfonamides is 1. The van der Waals surface area contributed by atoms with Crippen molar-refractivity contribution in [3.8, 4) is 0 Å².